The summed E-state index contributed by atoms with van der Waals surface area (Å²) in [7, 11) is 1.55. The molecule has 19 heavy (non-hydrogen) atoms. The van der Waals surface area contributed by atoms with Gasteiger partial charge in [-0.2, -0.15) is 4.98 Å². The van der Waals surface area contributed by atoms with E-state index in [1.54, 1.807) is 7.05 Å². The minimum atomic E-state index is -1.10. The van der Waals surface area contributed by atoms with Crippen LogP contribution in [0.5, 0.6) is 0 Å². The van der Waals surface area contributed by atoms with Crippen LogP contribution in [0.1, 0.15) is 12.8 Å². The van der Waals surface area contributed by atoms with Crippen LogP contribution in [0.3, 0.4) is 0 Å². The molecule has 1 fully saturated rings. The van der Waals surface area contributed by atoms with Gasteiger partial charge in [-0.3, -0.25) is 24.2 Å². The second-order valence-electron chi connectivity index (χ2n) is 4.67. The molecule has 104 valence electrons. The number of aromatic amines is 1. The van der Waals surface area contributed by atoms with Gasteiger partial charge < -0.3 is 11.5 Å². The SMILES string of the molecule is Cn1[nH]c(=O)c(=O)nc1SCC(N)(C(N)=O)C1CC1. The van der Waals surface area contributed by atoms with E-state index < -0.39 is 22.6 Å². The number of H-pyrrole nitrogens is 1. The number of aryl methyl sites for hydroxylation is 1. The zero-order valence-corrected chi connectivity index (χ0v) is 11.2. The summed E-state index contributed by atoms with van der Waals surface area (Å²) in [5.74, 6) is -0.256. The first-order valence-corrected chi connectivity index (χ1v) is 6.72. The number of thioether (sulfide) groups is 1. The Bertz CT molecular complexity index is 620. The van der Waals surface area contributed by atoms with Crippen LogP contribution < -0.4 is 22.6 Å². The molecule has 1 unspecified atom stereocenters. The first-order chi connectivity index (χ1) is 8.84. The lowest BCUT2D eigenvalue weighted by molar-refractivity contribution is -0.123. The van der Waals surface area contributed by atoms with Gasteiger partial charge in [-0.25, -0.2) is 0 Å². The summed E-state index contributed by atoms with van der Waals surface area (Å²) in [4.78, 5) is 37.4. The molecule has 1 saturated carbocycles. The number of hydrogen-bond donors (Lipinski definition) is 3. The normalized spacial score (nSPS) is 18.0. The molecule has 9 heteroatoms. The summed E-state index contributed by atoms with van der Waals surface area (Å²) in [5.41, 5.74) is 8.62. The average Bonchev–Trinajstić information content (AvgIpc) is 3.15. The number of aromatic nitrogens is 3. The van der Waals surface area contributed by atoms with Crippen LogP contribution in [0.25, 0.3) is 0 Å². The number of carbonyl (C=O) groups excluding carboxylic acids is 1. The Hall–Kier alpha value is -1.61. The standard InChI is InChI=1S/C10H15N5O3S/c1-15-9(13-6(16)7(17)14-15)19-4-10(12,8(11)18)5-2-3-5/h5H,2-4,12H2,1H3,(H2,11,18)(H,14,17). The van der Waals surface area contributed by atoms with E-state index >= 15 is 0 Å². The third kappa shape index (κ3) is 2.71. The fraction of sp³-hybridized carbons (Fsp3) is 0.600. The summed E-state index contributed by atoms with van der Waals surface area (Å²) in [6, 6.07) is 0. The Morgan fingerprint density at radius 2 is 2.21 bits per heavy atom. The van der Waals surface area contributed by atoms with Crippen molar-refractivity contribution in [3.05, 3.63) is 20.7 Å². The molecule has 2 rings (SSSR count). The number of amides is 1. The quantitative estimate of drug-likeness (QED) is 0.429. The smallest absolute Gasteiger partial charge is 0.339 e. The van der Waals surface area contributed by atoms with Crippen molar-refractivity contribution >= 4 is 17.7 Å². The Balaban J connectivity index is 2.18. The maximum absolute atomic E-state index is 11.5. The summed E-state index contributed by atoms with van der Waals surface area (Å²) >= 11 is 1.13. The van der Waals surface area contributed by atoms with Crippen molar-refractivity contribution in [2.45, 2.75) is 23.5 Å². The molecule has 0 spiro atoms. The monoisotopic (exact) mass is 285 g/mol. The average molecular weight is 285 g/mol. The van der Waals surface area contributed by atoms with Crippen LogP contribution in [-0.2, 0) is 11.8 Å². The first-order valence-electron chi connectivity index (χ1n) is 5.73. The molecule has 1 aliphatic carbocycles. The van der Waals surface area contributed by atoms with Gasteiger partial charge in [0.25, 0.3) is 0 Å². The number of nitrogens with one attached hydrogen (secondary N) is 1. The van der Waals surface area contributed by atoms with E-state index in [0.717, 1.165) is 24.6 Å². The van der Waals surface area contributed by atoms with E-state index in [-0.39, 0.29) is 11.7 Å². The highest BCUT2D eigenvalue weighted by atomic mass is 32.2. The Morgan fingerprint density at radius 1 is 1.58 bits per heavy atom. The lowest BCUT2D eigenvalue weighted by atomic mass is 9.96. The summed E-state index contributed by atoms with van der Waals surface area (Å²) in [6.07, 6.45) is 1.75. The van der Waals surface area contributed by atoms with E-state index in [4.69, 9.17) is 11.5 Å². The van der Waals surface area contributed by atoms with Crippen LogP contribution in [0, 0.1) is 5.92 Å². The molecule has 0 aromatic carbocycles. The molecule has 5 N–H and O–H groups in total. The zero-order valence-electron chi connectivity index (χ0n) is 10.4. The largest absolute Gasteiger partial charge is 0.368 e. The predicted molar refractivity (Wildman–Crippen MR) is 69.7 cm³/mol. The van der Waals surface area contributed by atoms with Gasteiger partial charge in [0.2, 0.25) is 5.91 Å². The van der Waals surface area contributed by atoms with Crippen molar-refractivity contribution in [1.29, 1.82) is 0 Å². The lowest BCUT2D eigenvalue weighted by Crippen LogP contribution is -2.56. The van der Waals surface area contributed by atoms with Gasteiger partial charge in [0.1, 0.15) is 5.54 Å². The molecule has 0 radical (unpaired) electrons. The number of nitrogens with zero attached hydrogens (tertiary/aromatic N) is 2. The molecular formula is C10H15N5O3S. The van der Waals surface area contributed by atoms with Crippen LogP contribution >= 0.6 is 11.8 Å². The molecule has 0 aliphatic heterocycles. The van der Waals surface area contributed by atoms with Gasteiger partial charge in [-0.05, 0) is 18.8 Å². The molecule has 0 saturated heterocycles. The van der Waals surface area contributed by atoms with Gasteiger partial charge >= 0.3 is 11.1 Å². The molecule has 1 atom stereocenters. The minimum absolute atomic E-state index is 0.0808. The second-order valence-corrected chi connectivity index (χ2v) is 5.61. The highest BCUT2D eigenvalue weighted by Crippen LogP contribution is 2.40. The van der Waals surface area contributed by atoms with Gasteiger partial charge in [-0.15, -0.1) is 0 Å². The van der Waals surface area contributed by atoms with Crippen LogP contribution in [0.15, 0.2) is 14.7 Å². The lowest BCUT2D eigenvalue weighted by Gasteiger charge is -2.25. The minimum Gasteiger partial charge on any atom is -0.368 e. The molecule has 1 amide bonds. The van der Waals surface area contributed by atoms with Crippen molar-refractivity contribution in [2.75, 3.05) is 5.75 Å². The number of hydrogen-bond acceptors (Lipinski definition) is 6. The topological polar surface area (TPSA) is 137 Å². The van der Waals surface area contributed by atoms with E-state index in [1.165, 1.54) is 4.68 Å². The first kappa shape index (κ1) is 13.8. The Morgan fingerprint density at radius 3 is 2.74 bits per heavy atom. The predicted octanol–water partition coefficient (Wildman–Crippen LogP) is -1.85. The molecule has 8 nitrogen and oxygen atoms in total. The van der Waals surface area contributed by atoms with Gasteiger partial charge in [0.05, 0.1) is 0 Å². The fourth-order valence-corrected chi connectivity index (χ4v) is 2.89. The van der Waals surface area contributed by atoms with Gasteiger partial charge in [-0.1, -0.05) is 11.8 Å². The van der Waals surface area contributed by atoms with E-state index in [2.05, 4.69) is 10.1 Å². The van der Waals surface area contributed by atoms with E-state index in [1.807, 2.05) is 0 Å². The summed E-state index contributed by atoms with van der Waals surface area (Å²) in [6.45, 7) is 0. The molecule has 1 heterocycles. The highest BCUT2D eigenvalue weighted by molar-refractivity contribution is 7.99. The van der Waals surface area contributed by atoms with E-state index in [0.29, 0.717) is 5.16 Å². The maximum Gasteiger partial charge on any atom is 0.339 e. The highest BCUT2D eigenvalue weighted by Gasteiger charge is 2.46. The van der Waals surface area contributed by atoms with Gasteiger partial charge in [0.15, 0.2) is 5.16 Å². The summed E-state index contributed by atoms with van der Waals surface area (Å²) < 4.78 is 1.32. The zero-order chi connectivity index (χ0) is 14.2. The Kier molecular flexibility index (Phi) is 3.50. The van der Waals surface area contributed by atoms with Gasteiger partial charge in [0, 0.05) is 12.8 Å². The van der Waals surface area contributed by atoms with Crippen LogP contribution in [-0.4, -0.2) is 32.0 Å². The number of rotatable bonds is 5. The number of nitrogens with two attached hydrogens (primary N) is 2. The van der Waals surface area contributed by atoms with Crippen LogP contribution in [0.4, 0.5) is 0 Å². The Labute approximate surface area is 112 Å². The van der Waals surface area contributed by atoms with Crippen molar-refractivity contribution in [2.24, 2.45) is 24.4 Å². The molecule has 0 bridgehead atoms. The third-order valence-corrected chi connectivity index (χ3v) is 4.40. The summed E-state index contributed by atoms with van der Waals surface area (Å²) in [5, 5.41) is 2.62. The van der Waals surface area contributed by atoms with Crippen molar-refractivity contribution in [1.82, 2.24) is 14.8 Å². The second kappa shape index (κ2) is 4.82. The van der Waals surface area contributed by atoms with Crippen molar-refractivity contribution in [3.8, 4) is 0 Å². The van der Waals surface area contributed by atoms with Crippen molar-refractivity contribution < 1.29 is 4.79 Å². The molecule has 1 aromatic rings. The van der Waals surface area contributed by atoms with Crippen molar-refractivity contribution in [3.63, 3.8) is 0 Å². The number of carbonyl (C=O) groups is 1. The molecule has 1 aliphatic rings. The van der Waals surface area contributed by atoms with E-state index in [9.17, 15) is 14.4 Å². The maximum atomic E-state index is 11.5. The molecular weight excluding hydrogens is 270 g/mol. The third-order valence-electron chi connectivity index (χ3n) is 3.15. The van der Waals surface area contributed by atoms with Crippen LogP contribution in [0.2, 0.25) is 0 Å². The fourth-order valence-electron chi connectivity index (χ4n) is 1.76. The molecule has 1 aromatic heterocycles. The number of primary amides is 1.